The molecular weight excluding hydrogens is 382 g/mol. The molecule has 4 aromatic rings. The molecule has 0 aliphatic carbocycles. The van der Waals surface area contributed by atoms with E-state index in [1.807, 2.05) is 73.8 Å². The number of hydrogen-bond donors (Lipinski definition) is 1. The lowest BCUT2D eigenvalue weighted by molar-refractivity contribution is -0.121. The highest BCUT2D eigenvalue weighted by Gasteiger charge is 2.25. The molecule has 6 heteroatoms. The van der Waals surface area contributed by atoms with Crippen LogP contribution in [0, 0.1) is 6.92 Å². The number of thiophene rings is 1. The molecule has 29 heavy (non-hydrogen) atoms. The molecule has 4 rings (SSSR count). The van der Waals surface area contributed by atoms with Crippen molar-refractivity contribution in [2.45, 2.75) is 26.3 Å². The number of aryl methyl sites for hydroxylation is 1. The topological polar surface area (TPSA) is 78.0 Å². The van der Waals surface area contributed by atoms with E-state index in [-0.39, 0.29) is 5.56 Å². The maximum absolute atomic E-state index is 13.7. The van der Waals surface area contributed by atoms with Gasteiger partial charge in [-0.2, -0.15) is 0 Å². The first-order valence-corrected chi connectivity index (χ1v) is 10.3. The van der Waals surface area contributed by atoms with Crippen LogP contribution in [0.5, 0.6) is 0 Å². The largest absolute Gasteiger partial charge is 0.368 e. The number of carbonyl (C=O) groups is 1. The molecule has 0 saturated heterocycles. The third-order valence-corrected chi connectivity index (χ3v) is 5.90. The number of amides is 1. The quantitative estimate of drug-likeness (QED) is 0.531. The molecule has 5 nitrogen and oxygen atoms in total. The summed E-state index contributed by atoms with van der Waals surface area (Å²) in [5.41, 5.74) is 9.04. The minimum Gasteiger partial charge on any atom is -0.368 e. The van der Waals surface area contributed by atoms with Gasteiger partial charge in [-0.25, -0.2) is 4.98 Å². The van der Waals surface area contributed by atoms with Crippen LogP contribution in [0.15, 0.2) is 64.8 Å². The molecular formula is C23H21N3O2S. The van der Waals surface area contributed by atoms with E-state index in [2.05, 4.69) is 0 Å². The van der Waals surface area contributed by atoms with Crippen LogP contribution < -0.4 is 11.3 Å². The number of rotatable bonds is 5. The molecule has 0 spiro atoms. The van der Waals surface area contributed by atoms with Gasteiger partial charge in [0.25, 0.3) is 5.56 Å². The third kappa shape index (κ3) is 3.36. The average Bonchev–Trinajstić information content (AvgIpc) is 3.15. The van der Waals surface area contributed by atoms with Crippen LogP contribution in [-0.4, -0.2) is 15.5 Å². The van der Waals surface area contributed by atoms with Gasteiger partial charge in [0.15, 0.2) is 0 Å². The Balaban J connectivity index is 2.08. The van der Waals surface area contributed by atoms with Gasteiger partial charge in [0, 0.05) is 16.5 Å². The van der Waals surface area contributed by atoms with E-state index >= 15 is 0 Å². The minimum absolute atomic E-state index is 0.239. The summed E-state index contributed by atoms with van der Waals surface area (Å²) in [6, 6.07) is 16.7. The highest BCUT2D eigenvalue weighted by Crippen LogP contribution is 2.33. The lowest BCUT2D eigenvalue weighted by atomic mass is 10.1. The Morgan fingerprint density at radius 2 is 1.86 bits per heavy atom. The van der Waals surface area contributed by atoms with Gasteiger partial charge in [-0.05, 0) is 25.0 Å². The molecule has 0 aliphatic heterocycles. The summed E-state index contributed by atoms with van der Waals surface area (Å²) in [7, 11) is 0. The summed E-state index contributed by atoms with van der Waals surface area (Å²) in [6.45, 7) is 3.83. The molecule has 2 aromatic carbocycles. The predicted octanol–water partition coefficient (Wildman–Crippen LogP) is 4.54. The molecule has 1 unspecified atom stereocenters. The fraction of sp³-hybridized carbons (Fsp3) is 0.174. The molecule has 0 saturated carbocycles. The van der Waals surface area contributed by atoms with Crippen LogP contribution in [0.2, 0.25) is 0 Å². The smallest absolute Gasteiger partial charge is 0.263 e. The van der Waals surface area contributed by atoms with Crippen molar-refractivity contribution in [2.24, 2.45) is 5.73 Å². The van der Waals surface area contributed by atoms with Crippen LogP contribution in [0.1, 0.15) is 24.9 Å². The van der Waals surface area contributed by atoms with Crippen molar-refractivity contribution in [1.82, 2.24) is 9.55 Å². The van der Waals surface area contributed by atoms with Crippen molar-refractivity contribution in [3.63, 3.8) is 0 Å². The van der Waals surface area contributed by atoms with Gasteiger partial charge in [-0.15, -0.1) is 11.3 Å². The lowest BCUT2D eigenvalue weighted by Crippen LogP contribution is -2.35. The van der Waals surface area contributed by atoms with E-state index in [0.29, 0.717) is 22.5 Å². The fourth-order valence-corrected chi connectivity index (χ4v) is 4.56. The normalized spacial score (nSPS) is 12.2. The summed E-state index contributed by atoms with van der Waals surface area (Å²) in [5, 5.41) is 2.47. The molecule has 1 atom stereocenters. The second-order valence-electron chi connectivity index (χ2n) is 7.00. The van der Waals surface area contributed by atoms with Crippen molar-refractivity contribution < 1.29 is 4.79 Å². The second-order valence-corrected chi connectivity index (χ2v) is 7.86. The summed E-state index contributed by atoms with van der Waals surface area (Å²) >= 11 is 1.43. The van der Waals surface area contributed by atoms with Crippen molar-refractivity contribution in [3.8, 4) is 22.5 Å². The Bertz CT molecular complexity index is 1260. The first-order chi connectivity index (χ1) is 14.0. The number of primary amides is 1. The van der Waals surface area contributed by atoms with Gasteiger partial charge in [0.2, 0.25) is 5.91 Å². The van der Waals surface area contributed by atoms with E-state index in [1.54, 1.807) is 0 Å². The number of carbonyl (C=O) groups excluding carboxylic acids is 1. The maximum atomic E-state index is 13.7. The van der Waals surface area contributed by atoms with Crippen molar-refractivity contribution in [2.75, 3.05) is 0 Å². The van der Waals surface area contributed by atoms with Crippen molar-refractivity contribution in [3.05, 3.63) is 75.9 Å². The van der Waals surface area contributed by atoms with Crippen LogP contribution in [-0.2, 0) is 4.79 Å². The van der Waals surface area contributed by atoms with E-state index in [0.717, 1.165) is 22.3 Å². The Hall–Kier alpha value is -3.25. The molecule has 0 bridgehead atoms. The van der Waals surface area contributed by atoms with Gasteiger partial charge in [-0.1, -0.05) is 61.0 Å². The number of nitrogens with zero attached hydrogens (tertiary/aromatic N) is 2. The summed E-state index contributed by atoms with van der Waals surface area (Å²) < 4.78 is 1.47. The van der Waals surface area contributed by atoms with Crippen LogP contribution in [0.25, 0.3) is 32.7 Å². The SMILES string of the molecule is CCC(C(N)=O)n1c(-c2cccc(C)c2)nc2scc(-c3ccccc3)c2c1=O. The predicted molar refractivity (Wildman–Crippen MR) is 118 cm³/mol. The lowest BCUT2D eigenvalue weighted by Gasteiger charge is -2.19. The molecule has 0 fully saturated rings. The number of benzene rings is 2. The van der Waals surface area contributed by atoms with Crippen molar-refractivity contribution >= 4 is 27.5 Å². The minimum atomic E-state index is -0.765. The van der Waals surface area contributed by atoms with E-state index in [4.69, 9.17) is 10.7 Å². The number of hydrogen-bond acceptors (Lipinski definition) is 4. The molecule has 146 valence electrons. The Morgan fingerprint density at radius 3 is 2.52 bits per heavy atom. The monoisotopic (exact) mass is 403 g/mol. The first-order valence-electron chi connectivity index (χ1n) is 9.46. The Labute approximate surface area is 172 Å². The third-order valence-electron chi connectivity index (χ3n) is 5.03. The molecule has 1 amide bonds. The van der Waals surface area contributed by atoms with Gasteiger partial charge in [0.1, 0.15) is 16.7 Å². The molecule has 0 aliphatic rings. The number of fused-ring (bicyclic) bond motifs is 1. The Kier molecular flexibility index (Phi) is 5.03. The zero-order valence-corrected chi connectivity index (χ0v) is 17.1. The molecule has 0 radical (unpaired) electrons. The zero-order chi connectivity index (χ0) is 20.5. The second kappa shape index (κ2) is 7.64. The zero-order valence-electron chi connectivity index (χ0n) is 16.3. The van der Waals surface area contributed by atoms with E-state index in [1.165, 1.54) is 15.9 Å². The van der Waals surface area contributed by atoms with Crippen LogP contribution >= 0.6 is 11.3 Å². The van der Waals surface area contributed by atoms with E-state index in [9.17, 15) is 9.59 Å². The van der Waals surface area contributed by atoms with Gasteiger partial charge >= 0.3 is 0 Å². The molecule has 2 heterocycles. The summed E-state index contributed by atoms with van der Waals surface area (Å²) in [6.07, 6.45) is 0.409. The maximum Gasteiger partial charge on any atom is 0.263 e. The molecule has 2 aromatic heterocycles. The first kappa shape index (κ1) is 19.1. The van der Waals surface area contributed by atoms with Crippen LogP contribution in [0.4, 0.5) is 0 Å². The fourth-order valence-electron chi connectivity index (χ4n) is 3.62. The van der Waals surface area contributed by atoms with Gasteiger partial charge < -0.3 is 5.73 Å². The van der Waals surface area contributed by atoms with E-state index < -0.39 is 11.9 Å². The standard InChI is InChI=1S/C23H21N3O2S/c1-3-18(20(24)27)26-21(16-11-7-8-14(2)12-16)25-22-19(23(26)28)17(13-29-22)15-9-5-4-6-10-15/h4-13,18H,3H2,1-2H3,(H2,24,27). The highest BCUT2D eigenvalue weighted by molar-refractivity contribution is 7.17. The summed E-state index contributed by atoms with van der Waals surface area (Å²) in [5.74, 6) is -0.0699. The van der Waals surface area contributed by atoms with Crippen molar-refractivity contribution in [1.29, 1.82) is 0 Å². The van der Waals surface area contributed by atoms with Crippen LogP contribution in [0.3, 0.4) is 0 Å². The van der Waals surface area contributed by atoms with Gasteiger partial charge in [0.05, 0.1) is 5.39 Å². The highest BCUT2D eigenvalue weighted by atomic mass is 32.1. The number of aromatic nitrogens is 2. The number of nitrogens with two attached hydrogens (primary N) is 1. The average molecular weight is 404 g/mol. The summed E-state index contributed by atoms with van der Waals surface area (Å²) in [4.78, 5) is 31.4. The van der Waals surface area contributed by atoms with Gasteiger partial charge in [-0.3, -0.25) is 14.2 Å². The molecule has 2 N–H and O–H groups in total. The Morgan fingerprint density at radius 1 is 1.14 bits per heavy atom.